The number of carbonyl (C=O) groups excluding carboxylic acids is 2. The number of carbonyl (C=O) groups is 2. The zero-order chi connectivity index (χ0) is 16.8. The van der Waals surface area contributed by atoms with Crippen LogP contribution in [0.1, 0.15) is 25.2 Å². The fraction of sp³-hybridized carbons (Fsp3) is 0.333. The Kier molecular flexibility index (Phi) is 12.5. The van der Waals surface area contributed by atoms with E-state index in [2.05, 4.69) is 24.4 Å². The molecular formula is C12H14Cl2FeN3O4. The van der Waals surface area contributed by atoms with E-state index in [1.165, 1.54) is 12.4 Å². The Labute approximate surface area is 142 Å². The molecule has 1 rings (SSSR count). The van der Waals surface area contributed by atoms with Gasteiger partial charge < -0.3 is 14.5 Å². The first kappa shape index (κ1) is 20.7. The van der Waals surface area contributed by atoms with Crippen molar-refractivity contribution in [3.05, 3.63) is 23.5 Å². The second-order valence-electron chi connectivity index (χ2n) is 3.26. The van der Waals surface area contributed by atoms with Gasteiger partial charge in [0, 0.05) is 12.4 Å². The number of aliphatic imine (C=N–C) groups is 2. The van der Waals surface area contributed by atoms with Crippen molar-refractivity contribution in [2.45, 2.75) is 13.8 Å². The van der Waals surface area contributed by atoms with Crippen molar-refractivity contribution < 1.29 is 32.2 Å². The Bertz CT molecular complexity index is 478. The van der Waals surface area contributed by atoms with Crippen LogP contribution in [0.2, 0.25) is 0 Å². The molecule has 0 aliphatic heterocycles. The van der Waals surface area contributed by atoms with Crippen molar-refractivity contribution in [2.24, 2.45) is 9.98 Å². The molecule has 0 saturated carbocycles. The zero-order valence-electron chi connectivity index (χ0n) is 11.8. The minimum atomic E-state index is -0.674. The molecule has 0 atom stereocenters. The Morgan fingerprint density at radius 2 is 1.45 bits per heavy atom. The molecule has 0 aliphatic carbocycles. The first-order chi connectivity index (χ1) is 10.6. The van der Waals surface area contributed by atoms with Gasteiger partial charge in [-0.3, -0.25) is 0 Å². The molecule has 0 bridgehead atoms. The predicted molar refractivity (Wildman–Crippen MR) is 80.7 cm³/mol. The standard InChI is InChI=1S/C12H15N3O4.2ClH.Fe/c1-3-18-11(16)13-7-9-5-6-10(15-9)8-14-12(17)19-4-2;;;/h5-8H,3-4H2,1-2H3,(H,13,14,15,16,17);2*1H;/q;;;+3/p-3. The molecule has 0 aliphatic rings. The summed E-state index contributed by atoms with van der Waals surface area (Å²) in [5.41, 5.74) is 0.941. The molecule has 22 heavy (non-hydrogen) atoms. The number of aromatic nitrogens is 1. The zero-order valence-corrected chi connectivity index (χ0v) is 14.4. The van der Waals surface area contributed by atoms with Gasteiger partial charge in [0.1, 0.15) is 0 Å². The fourth-order valence-corrected chi connectivity index (χ4v) is 1.10. The van der Waals surface area contributed by atoms with Crippen LogP contribution >= 0.6 is 20.2 Å². The van der Waals surface area contributed by atoms with Gasteiger partial charge in [-0.05, 0) is 13.8 Å². The summed E-state index contributed by atoms with van der Waals surface area (Å²) in [6, 6.07) is 3.27. The molecule has 2 amide bonds. The van der Waals surface area contributed by atoms with Crippen molar-refractivity contribution in [2.75, 3.05) is 13.2 Å². The summed E-state index contributed by atoms with van der Waals surface area (Å²) < 4.78 is 9.25. The Balaban J connectivity index is 0.00000135. The SMILES string of the molecule is CCOC(=O)/N=C/c1ccc(/C=N/C(=O)OCC)[n-]1.[Cl][Fe+][Cl]. The monoisotopic (exact) mass is 390 g/mol. The maximum absolute atomic E-state index is 11.0. The molecule has 1 heterocycles. The van der Waals surface area contributed by atoms with E-state index >= 15 is 0 Å². The first-order valence-corrected chi connectivity index (χ1v) is 9.01. The molecule has 123 valence electrons. The molecule has 0 aromatic carbocycles. The number of amides is 2. The molecule has 7 nitrogen and oxygen atoms in total. The average molecular weight is 391 g/mol. The summed E-state index contributed by atoms with van der Waals surface area (Å²) in [4.78, 5) is 33.1. The summed E-state index contributed by atoms with van der Waals surface area (Å²) in [5, 5.41) is 0. The van der Waals surface area contributed by atoms with Crippen molar-refractivity contribution in [3.8, 4) is 0 Å². The molecule has 0 N–H and O–H groups in total. The van der Waals surface area contributed by atoms with Gasteiger partial charge in [0.25, 0.3) is 0 Å². The number of nitrogens with zero attached hydrogens (tertiary/aromatic N) is 3. The quantitative estimate of drug-likeness (QED) is 0.581. The Morgan fingerprint density at radius 1 is 1.09 bits per heavy atom. The van der Waals surface area contributed by atoms with Gasteiger partial charge in [0.15, 0.2) is 0 Å². The van der Waals surface area contributed by atoms with Crippen LogP contribution in [0.25, 0.3) is 0 Å². The molecule has 0 fully saturated rings. The van der Waals surface area contributed by atoms with Crippen LogP contribution < -0.4 is 4.98 Å². The number of hydrogen-bond donors (Lipinski definition) is 0. The van der Waals surface area contributed by atoms with E-state index in [1.807, 2.05) is 0 Å². The molecule has 0 radical (unpaired) electrons. The van der Waals surface area contributed by atoms with E-state index in [0.717, 1.165) is 0 Å². The van der Waals surface area contributed by atoms with Crippen molar-refractivity contribution in [3.63, 3.8) is 0 Å². The van der Waals surface area contributed by atoms with E-state index in [-0.39, 0.29) is 26.3 Å². The molecule has 1 aromatic rings. The maximum atomic E-state index is 11.0. The number of halogens is 2. The number of rotatable bonds is 4. The second-order valence-corrected chi connectivity index (χ2v) is 5.08. The molecule has 0 spiro atoms. The van der Waals surface area contributed by atoms with E-state index in [4.69, 9.17) is 20.2 Å². The van der Waals surface area contributed by atoms with Crippen molar-refractivity contribution in [1.29, 1.82) is 0 Å². The van der Waals surface area contributed by atoms with Crippen molar-refractivity contribution >= 4 is 44.8 Å². The molecule has 0 unspecified atom stereocenters. The third kappa shape index (κ3) is 10.4. The summed E-state index contributed by atoms with van der Waals surface area (Å²) in [5.74, 6) is 0. The topological polar surface area (TPSA) is 91.4 Å². The summed E-state index contributed by atoms with van der Waals surface area (Å²) in [6.07, 6.45) is 1.21. The van der Waals surface area contributed by atoms with Crippen LogP contribution in [0.15, 0.2) is 22.1 Å². The van der Waals surface area contributed by atoms with Crippen molar-refractivity contribution in [1.82, 2.24) is 4.98 Å². The molecular weight excluding hydrogens is 377 g/mol. The van der Waals surface area contributed by atoms with Crippen LogP contribution in [0, 0.1) is 0 Å². The van der Waals surface area contributed by atoms with E-state index < -0.39 is 12.2 Å². The first-order valence-electron chi connectivity index (χ1n) is 5.97. The minimum absolute atomic E-state index is 0.194. The third-order valence-corrected chi connectivity index (χ3v) is 1.82. The van der Waals surface area contributed by atoms with Crippen LogP contribution in [-0.2, 0) is 22.6 Å². The molecule has 0 saturated heterocycles. The third-order valence-electron chi connectivity index (χ3n) is 1.82. The molecule has 10 heteroatoms. The average Bonchev–Trinajstić information content (AvgIpc) is 2.92. The fourth-order valence-electron chi connectivity index (χ4n) is 1.10. The van der Waals surface area contributed by atoms with Gasteiger partial charge in [-0.1, -0.05) is 12.1 Å². The van der Waals surface area contributed by atoms with Crippen LogP contribution in [0.4, 0.5) is 9.59 Å². The molecule has 1 aromatic heterocycles. The van der Waals surface area contributed by atoms with Gasteiger partial charge in [-0.2, -0.15) is 9.98 Å². The summed E-state index contributed by atoms with van der Waals surface area (Å²) in [7, 11) is 9.53. The predicted octanol–water partition coefficient (Wildman–Crippen LogP) is 3.17. The summed E-state index contributed by atoms with van der Waals surface area (Å²) in [6.45, 7) is 3.92. The Hall–Kier alpha value is -1.34. The van der Waals surface area contributed by atoms with E-state index in [9.17, 15) is 9.59 Å². The van der Waals surface area contributed by atoms with Gasteiger partial charge >= 0.3 is 45.5 Å². The summed E-state index contributed by atoms with van der Waals surface area (Å²) >= 11 is 0.194. The second kappa shape index (κ2) is 13.3. The van der Waals surface area contributed by atoms with Gasteiger partial charge in [0.05, 0.1) is 13.2 Å². The number of ether oxygens (including phenoxy) is 2. The Morgan fingerprint density at radius 3 is 1.77 bits per heavy atom. The van der Waals surface area contributed by atoms with Crippen LogP contribution in [0.3, 0.4) is 0 Å². The number of hydrogen-bond acceptors (Lipinski definition) is 4. The van der Waals surface area contributed by atoms with E-state index in [0.29, 0.717) is 11.4 Å². The van der Waals surface area contributed by atoms with E-state index in [1.54, 1.807) is 26.0 Å². The van der Waals surface area contributed by atoms with Crippen LogP contribution in [-0.4, -0.2) is 37.8 Å². The van der Waals surface area contributed by atoms with Gasteiger partial charge in [0.2, 0.25) is 0 Å². The van der Waals surface area contributed by atoms with Crippen LogP contribution in [0.5, 0.6) is 0 Å². The normalized spacial score (nSPS) is 10.4. The van der Waals surface area contributed by atoms with Gasteiger partial charge in [-0.15, -0.1) is 11.4 Å². The van der Waals surface area contributed by atoms with Gasteiger partial charge in [-0.25, -0.2) is 9.59 Å².